The van der Waals surface area contributed by atoms with Crippen LogP contribution in [0.5, 0.6) is 0 Å². The minimum atomic E-state index is -0.484. The van der Waals surface area contributed by atoms with Crippen molar-refractivity contribution in [3.05, 3.63) is 69.5 Å². The Bertz CT molecular complexity index is 1020. The van der Waals surface area contributed by atoms with Gasteiger partial charge in [-0.05, 0) is 32.0 Å². The molecule has 0 unspecified atom stereocenters. The van der Waals surface area contributed by atoms with Crippen molar-refractivity contribution in [3.8, 4) is 0 Å². The van der Waals surface area contributed by atoms with Gasteiger partial charge >= 0.3 is 0 Å². The number of aromatic nitrogens is 2. The quantitative estimate of drug-likeness (QED) is 0.433. The number of non-ortho nitro benzene ring substituents is 1. The fourth-order valence-corrected chi connectivity index (χ4v) is 2.74. The molecule has 2 aromatic carbocycles. The molecule has 0 radical (unpaired) electrons. The van der Waals surface area contributed by atoms with E-state index in [1.165, 1.54) is 18.3 Å². The van der Waals surface area contributed by atoms with Crippen molar-refractivity contribution in [2.45, 2.75) is 20.4 Å². The number of benzene rings is 2. The number of amides is 1. The number of fused-ring (bicyclic) bond motifs is 1. The highest BCUT2D eigenvalue weighted by molar-refractivity contribution is 5.98. The average Bonchev–Trinajstić information content (AvgIpc) is 2.95. The Balaban J connectivity index is 1.75. The predicted octanol–water partition coefficient (Wildman–Crippen LogP) is 3.04. The number of carbonyl (C=O) groups is 1. The number of nitro groups is 1. The van der Waals surface area contributed by atoms with Gasteiger partial charge in [-0.1, -0.05) is 12.1 Å². The van der Waals surface area contributed by atoms with E-state index in [-0.39, 0.29) is 11.6 Å². The predicted molar refractivity (Wildman–Crippen MR) is 98.3 cm³/mol. The highest BCUT2D eigenvalue weighted by atomic mass is 16.6. The SMILES string of the molecule is CCn1c(C)nc2cc(C(=O)NN=Cc3cccc([N+](=O)[O-])c3)ccc21. The average molecular weight is 351 g/mol. The third-order valence-corrected chi connectivity index (χ3v) is 3.98. The Morgan fingerprint density at radius 1 is 1.35 bits per heavy atom. The van der Waals surface area contributed by atoms with Gasteiger partial charge in [-0.3, -0.25) is 14.9 Å². The topological polar surface area (TPSA) is 102 Å². The monoisotopic (exact) mass is 351 g/mol. The number of imidazole rings is 1. The van der Waals surface area contributed by atoms with Gasteiger partial charge in [0.15, 0.2) is 0 Å². The molecule has 132 valence electrons. The molecule has 0 fully saturated rings. The molecule has 0 saturated carbocycles. The molecule has 0 spiro atoms. The van der Waals surface area contributed by atoms with Crippen molar-refractivity contribution in [2.24, 2.45) is 5.10 Å². The Kier molecular flexibility index (Phi) is 4.74. The summed E-state index contributed by atoms with van der Waals surface area (Å²) >= 11 is 0. The normalized spacial score (nSPS) is 11.2. The van der Waals surface area contributed by atoms with E-state index in [0.29, 0.717) is 11.1 Å². The molecule has 8 heteroatoms. The summed E-state index contributed by atoms with van der Waals surface area (Å²) in [6.07, 6.45) is 1.36. The first-order chi connectivity index (χ1) is 12.5. The Labute approximate surface area is 149 Å². The number of nitrogens with zero attached hydrogens (tertiary/aromatic N) is 4. The lowest BCUT2D eigenvalue weighted by atomic mass is 10.2. The van der Waals surface area contributed by atoms with Crippen LogP contribution in [0, 0.1) is 17.0 Å². The molecular weight excluding hydrogens is 334 g/mol. The molecule has 3 aromatic rings. The van der Waals surface area contributed by atoms with E-state index in [4.69, 9.17) is 0 Å². The van der Waals surface area contributed by atoms with Crippen molar-refractivity contribution in [3.63, 3.8) is 0 Å². The lowest BCUT2D eigenvalue weighted by Gasteiger charge is -2.03. The minimum Gasteiger partial charge on any atom is -0.329 e. The molecule has 1 heterocycles. The molecule has 0 saturated heterocycles. The zero-order chi connectivity index (χ0) is 18.7. The molecule has 0 aliphatic carbocycles. The summed E-state index contributed by atoms with van der Waals surface area (Å²) in [7, 11) is 0. The Hall–Kier alpha value is -3.55. The number of nitrogens with one attached hydrogen (secondary N) is 1. The summed E-state index contributed by atoms with van der Waals surface area (Å²) in [6.45, 7) is 4.77. The summed E-state index contributed by atoms with van der Waals surface area (Å²) in [5.41, 5.74) is 5.07. The van der Waals surface area contributed by atoms with Crippen LogP contribution < -0.4 is 5.43 Å². The molecule has 0 aliphatic heterocycles. The maximum atomic E-state index is 12.2. The van der Waals surface area contributed by atoms with Crippen LogP contribution in [-0.4, -0.2) is 26.6 Å². The zero-order valence-electron chi connectivity index (χ0n) is 14.3. The van der Waals surface area contributed by atoms with Crippen molar-refractivity contribution in [1.29, 1.82) is 0 Å². The highest BCUT2D eigenvalue weighted by Gasteiger charge is 2.10. The summed E-state index contributed by atoms with van der Waals surface area (Å²) in [5, 5.41) is 14.6. The van der Waals surface area contributed by atoms with Crippen LogP contribution in [0.3, 0.4) is 0 Å². The van der Waals surface area contributed by atoms with Gasteiger partial charge in [0.05, 0.1) is 22.2 Å². The smallest absolute Gasteiger partial charge is 0.271 e. The number of hydrogen-bond donors (Lipinski definition) is 1. The van der Waals surface area contributed by atoms with Gasteiger partial charge < -0.3 is 4.57 Å². The van der Waals surface area contributed by atoms with Gasteiger partial charge in [-0.25, -0.2) is 10.4 Å². The number of carbonyl (C=O) groups excluding carboxylic acids is 1. The lowest BCUT2D eigenvalue weighted by Crippen LogP contribution is -2.17. The van der Waals surface area contributed by atoms with Crippen LogP contribution in [0.15, 0.2) is 47.6 Å². The first kappa shape index (κ1) is 17.3. The highest BCUT2D eigenvalue weighted by Crippen LogP contribution is 2.17. The van der Waals surface area contributed by atoms with Gasteiger partial charge in [0, 0.05) is 29.8 Å². The number of hydrazone groups is 1. The second kappa shape index (κ2) is 7.14. The van der Waals surface area contributed by atoms with Crippen molar-refractivity contribution in [1.82, 2.24) is 15.0 Å². The molecule has 8 nitrogen and oxygen atoms in total. The zero-order valence-corrected chi connectivity index (χ0v) is 14.3. The number of hydrogen-bond acceptors (Lipinski definition) is 5. The third kappa shape index (κ3) is 3.44. The van der Waals surface area contributed by atoms with Crippen LogP contribution in [-0.2, 0) is 6.54 Å². The van der Waals surface area contributed by atoms with Crippen LogP contribution in [0.25, 0.3) is 11.0 Å². The molecule has 0 atom stereocenters. The minimum absolute atomic E-state index is 0.0346. The molecule has 3 rings (SSSR count). The first-order valence-corrected chi connectivity index (χ1v) is 8.04. The van der Waals surface area contributed by atoms with E-state index in [2.05, 4.69) is 20.1 Å². The maximum absolute atomic E-state index is 12.2. The molecule has 0 aliphatic rings. The van der Waals surface area contributed by atoms with Crippen LogP contribution in [0.2, 0.25) is 0 Å². The largest absolute Gasteiger partial charge is 0.329 e. The van der Waals surface area contributed by atoms with E-state index >= 15 is 0 Å². The molecule has 0 bridgehead atoms. The summed E-state index contributed by atoms with van der Waals surface area (Å²) in [6, 6.07) is 11.3. The summed E-state index contributed by atoms with van der Waals surface area (Å²) in [4.78, 5) is 27.0. The van der Waals surface area contributed by atoms with Gasteiger partial charge in [0.1, 0.15) is 5.82 Å². The van der Waals surface area contributed by atoms with Gasteiger partial charge in [0.25, 0.3) is 11.6 Å². The fourth-order valence-electron chi connectivity index (χ4n) is 2.74. The van der Waals surface area contributed by atoms with Crippen LogP contribution >= 0.6 is 0 Å². The van der Waals surface area contributed by atoms with Gasteiger partial charge in [0.2, 0.25) is 0 Å². The van der Waals surface area contributed by atoms with Crippen molar-refractivity contribution in [2.75, 3.05) is 0 Å². The second-order valence-corrected chi connectivity index (χ2v) is 5.66. The van der Waals surface area contributed by atoms with E-state index in [0.717, 1.165) is 23.4 Å². The van der Waals surface area contributed by atoms with E-state index < -0.39 is 4.92 Å². The third-order valence-electron chi connectivity index (χ3n) is 3.98. The van der Waals surface area contributed by atoms with Crippen molar-refractivity contribution >= 4 is 28.8 Å². The number of rotatable bonds is 5. The van der Waals surface area contributed by atoms with Gasteiger partial charge in [-0.15, -0.1) is 0 Å². The van der Waals surface area contributed by atoms with Crippen LogP contribution in [0.1, 0.15) is 28.7 Å². The van der Waals surface area contributed by atoms with E-state index in [1.807, 2.05) is 19.9 Å². The van der Waals surface area contributed by atoms with Gasteiger partial charge in [-0.2, -0.15) is 5.10 Å². The molecule has 1 aromatic heterocycles. The lowest BCUT2D eigenvalue weighted by molar-refractivity contribution is -0.384. The summed E-state index contributed by atoms with van der Waals surface area (Å²) < 4.78 is 2.07. The Morgan fingerprint density at radius 2 is 2.15 bits per heavy atom. The standard InChI is InChI=1S/C18H17N5O3/c1-3-22-12(2)20-16-10-14(7-8-17(16)22)18(24)21-19-11-13-5-4-6-15(9-13)23(25)26/h4-11H,3H2,1-2H3,(H,21,24). The Morgan fingerprint density at radius 3 is 2.88 bits per heavy atom. The maximum Gasteiger partial charge on any atom is 0.271 e. The first-order valence-electron chi connectivity index (χ1n) is 8.04. The van der Waals surface area contributed by atoms with E-state index in [1.54, 1.807) is 24.3 Å². The molecule has 1 N–H and O–H groups in total. The fraction of sp³-hybridized carbons (Fsp3) is 0.167. The number of nitro benzene ring substituents is 1. The van der Waals surface area contributed by atoms with Crippen molar-refractivity contribution < 1.29 is 9.72 Å². The van der Waals surface area contributed by atoms with E-state index in [9.17, 15) is 14.9 Å². The summed E-state index contributed by atoms with van der Waals surface area (Å²) in [5.74, 6) is 0.515. The molecule has 26 heavy (non-hydrogen) atoms. The molecule has 1 amide bonds. The molecular formula is C18H17N5O3. The second-order valence-electron chi connectivity index (χ2n) is 5.66. The number of aryl methyl sites for hydroxylation is 2. The van der Waals surface area contributed by atoms with Crippen LogP contribution in [0.4, 0.5) is 5.69 Å².